The molecule has 0 atom stereocenters. The zero-order chi connectivity index (χ0) is 21.6. The number of ether oxygens (including phenoxy) is 3. The fraction of sp³-hybridized carbons (Fsp3) is 0.208. The molecular formula is C24H26O5S. The third kappa shape index (κ3) is 3.96. The third-order valence-corrected chi connectivity index (χ3v) is 7.90. The summed E-state index contributed by atoms with van der Waals surface area (Å²) in [4.78, 5) is 15.2. The van der Waals surface area contributed by atoms with Crippen LogP contribution in [0.15, 0.2) is 87.5 Å². The van der Waals surface area contributed by atoms with Crippen molar-refractivity contribution in [2.75, 3.05) is 21.3 Å². The number of carbonyl (C=O) groups is 1. The molecule has 0 unspecified atom stereocenters. The highest BCUT2D eigenvalue weighted by atomic mass is 32.3. The van der Waals surface area contributed by atoms with Gasteiger partial charge in [-0.3, -0.25) is 4.79 Å². The van der Waals surface area contributed by atoms with Gasteiger partial charge in [0.25, 0.3) is 0 Å². The molecule has 3 aromatic carbocycles. The van der Waals surface area contributed by atoms with E-state index in [2.05, 4.69) is 0 Å². The van der Waals surface area contributed by atoms with Crippen LogP contribution in [-0.4, -0.2) is 27.3 Å². The average Bonchev–Trinajstić information content (AvgIpc) is 2.82. The fourth-order valence-electron chi connectivity index (χ4n) is 3.19. The Kier molecular flexibility index (Phi) is 6.90. The SMILES string of the molecule is CCC(=O)OS(c1ccccc1)(c1ccccc1)c1c(OC)cc(OC)cc1OC. The van der Waals surface area contributed by atoms with Gasteiger partial charge in [-0.1, -0.05) is 43.3 Å². The van der Waals surface area contributed by atoms with Crippen molar-refractivity contribution in [3.8, 4) is 17.2 Å². The van der Waals surface area contributed by atoms with Crippen molar-refractivity contribution in [1.82, 2.24) is 0 Å². The molecular weight excluding hydrogens is 400 g/mol. The Bertz CT molecular complexity index is 924. The van der Waals surface area contributed by atoms with Gasteiger partial charge in [0.1, 0.15) is 22.1 Å². The van der Waals surface area contributed by atoms with Gasteiger partial charge in [0.05, 0.1) is 21.3 Å². The van der Waals surface area contributed by atoms with E-state index < -0.39 is 10.3 Å². The zero-order valence-electron chi connectivity index (χ0n) is 17.6. The molecule has 0 saturated heterocycles. The van der Waals surface area contributed by atoms with Gasteiger partial charge in [0, 0.05) is 38.7 Å². The van der Waals surface area contributed by atoms with E-state index in [1.54, 1.807) is 40.4 Å². The van der Waals surface area contributed by atoms with Crippen LogP contribution in [0.4, 0.5) is 0 Å². The van der Waals surface area contributed by atoms with Gasteiger partial charge in [0.2, 0.25) is 0 Å². The Balaban J connectivity index is 2.47. The summed E-state index contributed by atoms with van der Waals surface area (Å²) in [6.07, 6.45) is 0.245. The molecule has 0 fully saturated rings. The largest absolute Gasteiger partial charge is 0.496 e. The van der Waals surface area contributed by atoms with Gasteiger partial charge in [0.15, 0.2) is 0 Å². The van der Waals surface area contributed by atoms with Crippen molar-refractivity contribution in [1.29, 1.82) is 0 Å². The van der Waals surface area contributed by atoms with E-state index in [4.69, 9.17) is 18.4 Å². The van der Waals surface area contributed by atoms with E-state index in [1.807, 2.05) is 60.7 Å². The second-order valence-electron chi connectivity index (χ2n) is 6.35. The van der Waals surface area contributed by atoms with Crippen LogP contribution in [0.1, 0.15) is 13.3 Å². The van der Waals surface area contributed by atoms with Crippen molar-refractivity contribution in [3.63, 3.8) is 0 Å². The first kappa shape index (κ1) is 21.6. The lowest BCUT2D eigenvalue weighted by atomic mass is 10.3. The summed E-state index contributed by atoms with van der Waals surface area (Å²) in [5.41, 5.74) is 0. The first-order valence-corrected chi connectivity index (χ1v) is 11.1. The maximum absolute atomic E-state index is 12.8. The highest BCUT2D eigenvalue weighted by Gasteiger charge is 2.40. The van der Waals surface area contributed by atoms with Crippen LogP contribution in [0.2, 0.25) is 0 Å². The summed E-state index contributed by atoms with van der Waals surface area (Å²) in [5.74, 6) is 1.33. The Morgan fingerprint density at radius 3 is 1.60 bits per heavy atom. The van der Waals surface area contributed by atoms with Crippen molar-refractivity contribution < 1.29 is 23.2 Å². The molecule has 0 radical (unpaired) electrons. The summed E-state index contributed by atoms with van der Waals surface area (Å²) >= 11 is 0. The first-order chi connectivity index (χ1) is 14.6. The lowest BCUT2D eigenvalue weighted by Gasteiger charge is -2.41. The summed E-state index contributed by atoms with van der Waals surface area (Å²) in [5, 5.41) is 0. The van der Waals surface area contributed by atoms with Gasteiger partial charge in [-0.25, -0.2) is 0 Å². The maximum atomic E-state index is 12.8. The first-order valence-electron chi connectivity index (χ1n) is 9.56. The molecule has 0 bridgehead atoms. The zero-order valence-corrected chi connectivity index (χ0v) is 18.4. The molecule has 0 saturated carbocycles. The van der Waals surface area contributed by atoms with Gasteiger partial charge >= 0.3 is 5.97 Å². The summed E-state index contributed by atoms with van der Waals surface area (Å²) in [6, 6.07) is 23.0. The van der Waals surface area contributed by atoms with Crippen molar-refractivity contribution in [3.05, 3.63) is 72.8 Å². The Morgan fingerprint density at radius 1 is 0.767 bits per heavy atom. The molecule has 0 N–H and O–H groups in total. The van der Waals surface area contributed by atoms with Gasteiger partial charge in [-0.05, 0) is 24.3 Å². The lowest BCUT2D eigenvalue weighted by Crippen LogP contribution is -2.15. The van der Waals surface area contributed by atoms with Crippen molar-refractivity contribution >= 4 is 16.3 Å². The van der Waals surface area contributed by atoms with Crippen molar-refractivity contribution in [2.45, 2.75) is 28.0 Å². The van der Waals surface area contributed by atoms with Crippen LogP contribution in [0.3, 0.4) is 0 Å². The topological polar surface area (TPSA) is 54.0 Å². The predicted octanol–water partition coefficient (Wildman–Crippen LogP) is 5.86. The van der Waals surface area contributed by atoms with Crippen LogP contribution in [0.25, 0.3) is 0 Å². The average molecular weight is 427 g/mol. The minimum atomic E-state index is -2.51. The second-order valence-corrected chi connectivity index (χ2v) is 8.98. The van der Waals surface area contributed by atoms with Gasteiger partial charge in [-0.15, -0.1) is 0 Å². The third-order valence-electron chi connectivity index (χ3n) is 4.61. The number of hydrogen-bond donors (Lipinski definition) is 0. The molecule has 0 amide bonds. The molecule has 0 aromatic heterocycles. The summed E-state index contributed by atoms with van der Waals surface area (Å²) < 4.78 is 23.3. The maximum Gasteiger partial charge on any atom is 0.316 e. The number of methoxy groups -OCH3 is 3. The minimum absolute atomic E-state index is 0.245. The second kappa shape index (κ2) is 9.59. The van der Waals surface area contributed by atoms with E-state index in [9.17, 15) is 4.79 Å². The molecule has 3 rings (SSSR count). The molecule has 0 heterocycles. The monoisotopic (exact) mass is 426 g/mol. The Morgan fingerprint density at radius 2 is 1.23 bits per heavy atom. The van der Waals surface area contributed by atoms with E-state index in [1.165, 1.54) is 0 Å². The standard InChI is InChI=1S/C24H26O5S/c1-5-23(25)29-30(19-12-8-6-9-13-19,20-14-10-7-11-15-20)24-21(27-3)16-18(26-2)17-22(24)28-4/h6-17H,5H2,1-4H3. The van der Waals surface area contributed by atoms with Crippen molar-refractivity contribution in [2.24, 2.45) is 0 Å². The Labute approximate surface area is 179 Å². The van der Waals surface area contributed by atoms with Crippen LogP contribution in [0, 0.1) is 0 Å². The van der Waals surface area contributed by atoms with E-state index in [-0.39, 0.29) is 12.4 Å². The van der Waals surface area contributed by atoms with Crippen LogP contribution >= 0.6 is 10.3 Å². The molecule has 158 valence electrons. The van der Waals surface area contributed by atoms with Crippen LogP contribution < -0.4 is 14.2 Å². The molecule has 0 aliphatic heterocycles. The molecule has 6 heteroatoms. The number of carbonyl (C=O) groups excluding carboxylic acids is 1. The molecule has 5 nitrogen and oxygen atoms in total. The highest BCUT2D eigenvalue weighted by molar-refractivity contribution is 8.30. The Hall–Kier alpha value is -3.12. The molecule has 0 aliphatic carbocycles. The molecule has 0 spiro atoms. The molecule has 3 aromatic rings. The quantitative estimate of drug-likeness (QED) is 0.451. The summed E-state index contributed by atoms with van der Waals surface area (Å²) in [7, 11) is 2.24. The van der Waals surface area contributed by atoms with E-state index >= 15 is 0 Å². The van der Waals surface area contributed by atoms with Gasteiger partial charge < -0.3 is 18.4 Å². The van der Waals surface area contributed by atoms with Crippen LogP contribution in [-0.2, 0) is 8.98 Å². The number of benzene rings is 3. The van der Waals surface area contributed by atoms with Gasteiger partial charge in [-0.2, -0.15) is 0 Å². The fourth-order valence-corrected chi connectivity index (χ4v) is 6.54. The molecule has 30 heavy (non-hydrogen) atoms. The number of rotatable bonds is 8. The summed E-state index contributed by atoms with van der Waals surface area (Å²) in [6.45, 7) is 1.78. The minimum Gasteiger partial charge on any atom is -0.496 e. The highest BCUT2D eigenvalue weighted by Crippen LogP contribution is 2.73. The smallest absolute Gasteiger partial charge is 0.316 e. The normalized spacial score (nSPS) is 11.5. The lowest BCUT2D eigenvalue weighted by molar-refractivity contribution is -0.133. The molecule has 0 aliphatic rings. The number of hydrogen-bond acceptors (Lipinski definition) is 5. The van der Waals surface area contributed by atoms with E-state index in [0.717, 1.165) is 9.79 Å². The van der Waals surface area contributed by atoms with E-state index in [0.29, 0.717) is 22.1 Å². The van der Waals surface area contributed by atoms with Crippen LogP contribution in [0.5, 0.6) is 17.2 Å². The predicted molar refractivity (Wildman–Crippen MR) is 118 cm³/mol.